The van der Waals surface area contributed by atoms with Crippen molar-refractivity contribution in [2.45, 2.75) is 6.92 Å². The summed E-state index contributed by atoms with van der Waals surface area (Å²) in [7, 11) is 1.55. The molecule has 0 bridgehead atoms. The summed E-state index contributed by atoms with van der Waals surface area (Å²) in [6, 6.07) is 14.5. The Labute approximate surface area is 156 Å². The highest BCUT2D eigenvalue weighted by molar-refractivity contribution is 5.97. The third-order valence-corrected chi connectivity index (χ3v) is 4.30. The van der Waals surface area contributed by atoms with Crippen molar-refractivity contribution in [2.75, 3.05) is 20.3 Å². The number of aromatic nitrogens is 1. The molecule has 0 radical (unpaired) electrons. The van der Waals surface area contributed by atoms with Crippen molar-refractivity contribution in [1.29, 1.82) is 0 Å². The predicted octanol–water partition coefficient (Wildman–Crippen LogP) is 4.11. The highest BCUT2D eigenvalue weighted by Gasteiger charge is 2.21. The summed E-state index contributed by atoms with van der Waals surface area (Å²) in [6.45, 7) is 2.50. The lowest BCUT2D eigenvalue weighted by molar-refractivity contribution is 0.0936. The predicted molar refractivity (Wildman–Crippen MR) is 100 cm³/mol. The van der Waals surface area contributed by atoms with Crippen molar-refractivity contribution in [3.8, 4) is 16.9 Å². The van der Waals surface area contributed by atoms with Crippen molar-refractivity contribution in [3.63, 3.8) is 0 Å². The van der Waals surface area contributed by atoms with Gasteiger partial charge in [0.2, 0.25) is 0 Å². The van der Waals surface area contributed by atoms with Crippen LogP contribution in [-0.4, -0.2) is 30.7 Å². The first-order chi connectivity index (χ1) is 13.0. The second kappa shape index (κ2) is 8.14. The molecule has 0 aliphatic rings. The fourth-order valence-corrected chi connectivity index (χ4v) is 2.99. The van der Waals surface area contributed by atoms with Gasteiger partial charge in [-0.1, -0.05) is 30.3 Å². The van der Waals surface area contributed by atoms with E-state index in [9.17, 15) is 13.6 Å². The van der Waals surface area contributed by atoms with Gasteiger partial charge in [0.25, 0.3) is 5.91 Å². The molecule has 27 heavy (non-hydrogen) atoms. The van der Waals surface area contributed by atoms with E-state index >= 15 is 0 Å². The molecule has 1 heterocycles. The molecule has 0 spiro atoms. The van der Waals surface area contributed by atoms with E-state index in [1.54, 1.807) is 24.7 Å². The van der Waals surface area contributed by atoms with Crippen LogP contribution >= 0.6 is 0 Å². The van der Waals surface area contributed by atoms with Gasteiger partial charge in [-0.15, -0.1) is 0 Å². The van der Waals surface area contributed by atoms with Crippen LogP contribution in [0.1, 0.15) is 16.1 Å². The third-order valence-electron chi connectivity index (χ3n) is 4.30. The van der Waals surface area contributed by atoms with Crippen LogP contribution < -0.4 is 5.32 Å². The summed E-state index contributed by atoms with van der Waals surface area (Å²) in [6.07, 6.45) is 0. The molecule has 3 rings (SSSR count). The van der Waals surface area contributed by atoms with Crippen LogP contribution in [0.3, 0.4) is 0 Å². The van der Waals surface area contributed by atoms with E-state index in [0.29, 0.717) is 30.1 Å². The molecule has 0 aliphatic carbocycles. The van der Waals surface area contributed by atoms with Gasteiger partial charge < -0.3 is 14.6 Å². The maximum absolute atomic E-state index is 14.5. The second-order valence-corrected chi connectivity index (χ2v) is 6.07. The number of amides is 1. The molecule has 3 aromatic rings. The van der Waals surface area contributed by atoms with Crippen LogP contribution in [0.25, 0.3) is 16.9 Å². The molecular formula is C21H20F2N2O2. The Hall–Kier alpha value is -2.99. The molecule has 0 unspecified atom stereocenters. The zero-order valence-corrected chi connectivity index (χ0v) is 15.1. The van der Waals surface area contributed by atoms with Crippen molar-refractivity contribution in [1.82, 2.24) is 9.88 Å². The highest BCUT2D eigenvalue weighted by Crippen LogP contribution is 2.30. The van der Waals surface area contributed by atoms with Gasteiger partial charge in [0.15, 0.2) is 0 Å². The molecule has 0 fully saturated rings. The summed E-state index contributed by atoms with van der Waals surface area (Å²) in [5, 5.41) is 2.78. The fraction of sp³-hybridized carbons (Fsp3) is 0.190. The SMILES string of the molecule is COCCNC(=O)c1cc(-c2ccccc2)n(-c2ccc(F)cc2F)c1C. The largest absolute Gasteiger partial charge is 0.383 e. The minimum absolute atomic E-state index is 0.184. The van der Waals surface area contributed by atoms with Gasteiger partial charge in [-0.3, -0.25) is 4.79 Å². The summed E-state index contributed by atoms with van der Waals surface area (Å²) >= 11 is 0. The van der Waals surface area contributed by atoms with Crippen molar-refractivity contribution < 1.29 is 18.3 Å². The number of rotatable bonds is 6. The van der Waals surface area contributed by atoms with Crippen LogP contribution in [0.5, 0.6) is 0 Å². The minimum atomic E-state index is -0.697. The lowest BCUT2D eigenvalue weighted by atomic mass is 10.1. The summed E-state index contributed by atoms with van der Waals surface area (Å²) < 4.78 is 34.4. The van der Waals surface area contributed by atoms with E-state index in [4.69, 9.17) is 4.74 Å². The van der Waals surface area contributed by atoms with E-state index in [-0.39, 0.29) is 11.6 Å². The number of hydrogen-bond acceptors (Lipinski definition) is 2. The molecule has 140 valence electrons. The van der Waals surface area contributed by atoms with Gasteiger partial charge >= 0.3 is 0 Å². The van der Waals surface area contributed by atoms with Gasteiger partial charge in [-0.2, -0.15) is 0 Å². The molecule has 0 atom stereocenters. The van der Waals surface area contributed by atoms with E-state index in [1.165, 1.54) is 12.1 Å². The maximum atomic E-state index is 14.5. The molecule has 2 aromatic carbocycles. The Morgan fingerprint density at radius 2 is 1.85 bits per heavy atom. The Bertz CT molecular complexity index is 952. The lowest BCUT2D eigenvalue weighted by Crippen LogP contribution is -2.27. The van der Waals surface area contributed by atoms with Crippen LogP contribution in [0.15, 0.2) is 54.6 Å². The number of ether oxygens (including phenoxy) is 1. The van der Waals surface area contributed by atoms with Gasteiger partial charge in [0, 0.05) is 25.4 Å². The topological polar surface area (TPSA) is 43.3 Å². The zero-order chi connectivity index (χ0) is 19.4. The zero-order valence-electron chi connectivity index (χ0n) is 15.1. The minimum Gasteiger partial charge on any atom is -0.383 e. The molecule has 0 aliphatic heterocycles. The van der Waals surface area contributed by atoms with Gasteiger partial charge in [0.05, 0.1) is 23.6 Å². The second-order valence-electron chi connectivity index (χ2n) is 6.07. The Morgan fingerprint density at radius 1 is 1.11 bits per heavy atom. The Kier molecular flexibility index (Phi) is 5.66. The molecule has 0 saturated carbocycles. The van der Waals surface area contributed by atoms with Crippen LogP contribution in [-0.2, 0) is 4.74 Å². The monoisotopic (exact) mass is 370 g/mol. The van der Waals surface area contributed by atoms with E-state index < -0.39 is 11.6 Å². The van der Waals surface area contributed by atoms with Crippen molar-refractivity contribution in [2.24, 2.45) is 0 Å². The molecule has 1 N–H and O–H groups in total. The normalized spacial score (nSPS) is 10.8. The average molecular weight is 370 g/mol. The van der Waals surface area contributed by atoms with Crippen LogP contribution in [0.4, 0.5) is 8.78 Å². The molecule has 6 heteroatoms. The van der Waals surface area contributed by atoms with Gasteiger partial charge in [0.1, 0.15) is 11.6 Å². The first-order valence-corrected chi connectivity index (χ1v) is 8.53. The molecule has 0 saturated heterocycles. The molecule has 4 nitrogen and oxygen atoms in total. The number of halogens is 2. The first-order valence-electron chi connectivity index (χ1n) is 8.53. The third kappa shape index (κ3) is 3.90. The highest BCUT2D eigenvalue weighted by atomic mass is 19.1. The van der Waals surface area contributed by atoms with Crippen LogP contribution in [0, 0.1) is 18.6 Å². The number of carbonyl (C=O) groups is 1. The first kappa shape index (κ1) is 18.8. The standard InChI is InChI=1S/C21H20F2N2O2/c1-14-17(21(26)24-10-11-27-2)13-20(15-6-4-3-5-7-15)25(14)19-9-8-16(22)12-18(19)23/h3-9,12-13H,10-11H2,1-2H3,(H,24,26). The van der Waals surface area contributed by atoms with Crippen molar-refractivity contribution in [3.05, 3.63) is 77.5 Å². The molecule has 1 aromatic heterocycles. The number of hydrogen-bond donors (Lipinski definition) is 1. The summed E-state index contributed by atoms with van der Waals surface area (Å²) in [4.78, 5) is 12.6. The number of carbonyl (C=O) groups excluding carboxylic acids is 1. The fourth-order valence-electron chi connectivity index (χ4n) is 2.99. The van der Waals surface area contributed by atoms with Crippen LogP contribution in [0.2, 0.25) is 0 Å². The van der Waals surface area contributed by atoms with E-state index in [1.807, 2.05) is 30.3 Å². The van der Waals surface area contributed by atoms with Crippen molar-refractivity contribution >= 4 is 5.91 Å². The number of nitrogens with zero attached hydrogens (tertiary/aromatic N) is 1. The Balaban J connectivity index is 2.14. The number of methoxy groups -OCH3 is 1. The van der Waals surface area contributed by atoms with E-state index in [2.05, 4.69) is 5.32 Å². The lowest BCUT2D eigenvalue weighted by Gasteiger charge is -2.13. The van der Waals surface area contributed by atoms with Gasteiger partial charge in [-0.25, -0.2) is 8.78 Å². The maximum Gasteiger partial charge on any atom is 0.253 e. The van der Waals surface area contributed by atoms with Gasteiger partial charge in [-0.05, 0) is 30.7 Å². The quantitative estimate of drug-likeness (QED) is 0.664. The molecular weight excluding hydrogens is 350 g/mol. The smallest absolute Gasteiger partial charge is 0.253 e. The average Bonchev–Trinajstić information content (AvgIpc) is 3.00. The Morgan fingerprint density at radius 3 is 2.52 bits per heavy atom. The number of nitrogens with one attached hydrogen (secondary N) is 1. The van der Waals surface area contributed by atoms with E-state index in [0.717, 1.165) is 11.6 Å². The summed E-state index contributed by atoms with van der Waals surface area (Å²) in [5.74, 6) is -1.62. The number of benzene rings is 2. The summed E-state index contributed by atoms with van der Waals surface area (Å²) in [5.41, 5.74) is 2.64. The molecule has 1 amide bonds.